The molecule has 1 rings (SSSR count). The maximum Gasteiger partial charge on any atom is 0.330 e. The SMILES string of the molecule is C=CC(=O)OCC(O)CC1CC(C)(C)N(C)C(C)(C)C1. The van der Waals surface area contributed by atoms with Crippen molar-refractivity contribution in [1.82, 2.24) is 4.90 Å². The summed E-state index contributed by atoms with van der Waals surface area (Å²) >= 11 is 0. The van der Waals surface area contributed by atoms with Gasteiger partial charge < -0.3 is 9.84 Å². The maximum atomic E-state index is 11.0. The predicted molar refractivity (Wildman–Crippen MR) is 80.4 cm³/mol. The quantitative estimate of drug-likeness (QED) is 0.621. The van der Waals surface area contributed by atoms with E-state index in [0.29, 0.717) is 12.3 Å². The van der Waals surface area contributed by atoms with Crippen molar-refractivity contribution in [1.29, 1.82) is 0 Å². The average Bonchev–Trinajstić information content (AvgIpc) is 2.32. The highest BCUT2D eigenvalue weighted by molar-refractivity contribution is 5.81. The summed E-state index contributed by atoms with van der Waals surface area (Å²) in [6.45, 7) is 12.4. The number of carbonyl (C=O) groups excluding carboxylic acids is 1. The minimum absolute atomic E-state index is 0.0536. The molecule has 20 heavy (non-hydrogen) atoms. The van der Waals surface area contributed by atoms with Crippen LogP contribution in [0.5, 0.6) is 0 Å². The van der Waals surface area contributed by atoms with E-state index in [4.69, 9.17) is 4.74 Å². The van der Waals surface area contributed by atoms with Crippen LogP contribution in [-0.2, 0) is 9.53 Å². The lowest BCUT2D eigenvalue weighted by atomic mass is 9.72. The molecule has 0 spiro atoms. The molecule has 0 aromatic heterocycles. The zero-order chi connectivity index (χ0) is 15.6. The lowest BCUT2D eigenvalue weighted by molar-refractivity contribution is -0.141. The van der Waals surface area contributed by atoms with E-state index in [2.05, 4.69) is 46.2 Å². The summed E-state index contributed by atoms with van der Waals surface area (Å²) in [6.07, 6.45) is 3.28. The Morgan fingerprint density at radius 3 is 2.35 bits per heavy atom. The third-order valence-corrected chi connectivity index (χ3v) is 4.58. The Balaban J connectivity index is 2.56. The van der Waals surface area contributed by atoms with Gasteiger partial charge in [0, 0.05) is 17.2 Å². The summed E-state index contributed by atoms with van der Waals surface area (Å²) < 4.78 is 4.90. The molecule has 0 aromatic carbocycles. The Labute approximate surface area is 122 Å². The first-order valence-corrected chi connectivity index (χ1v) is 7.29. The molecule has 1 unspecified atom stereocenters. The third-order valence-electron chi connectivity index (χ3n) is 4.58. The Morgan fingerprint density at radius 1 is 1.40 bits per heavy atom. The van der Waals surface area contributed by atoms with Crippen LogP contribution in [0, 0.1) is 5.92 Å². The molecule has 1 saturated heterocycles. The molecule has 0 bridgehead atoms. The minimum Gasteiger partial charge on any atom is -0.460 e. The molecule has 0 saturated carbocycles. The Morgan fingerprint density at radius 2 is 1.90 bits per heavy atom. The molecule has 1 aliphatic rings. The number of aliphatic hydroxyl groups is 1. The molecule has 4 heteroatoms. The summed E-state index contributed by atoms with van der Waals surface area (Å²) in [6, 6.07) is 0. The van der Waals surface area contributed by atoms with Gasteiger partial charge >= 0.3 is 5.97 Å². The number of esters is 1. The van der Waals surface area contributed by atoms with Crippen LogP contribution in [-0.4, -0.2) is 46.8 Å². The van der Waals surface area contributed by atoms with Gasteiger partial charge in [-0.3, -0.25) is 4.90 Å². The highest BCUT2D eigenvalue weighted by atomic mass is 16.5. The number of nitrogens with zero attached hydrogens (tertiary/aromatic N) is 1. The van der Waals surface area contributed by atoms with Crippen molar-refractivity contribution in [3.05, 3.63) is 12.7 Å². The van der Waals surface area contributed by atoms with Crippen molar-refractivity contribution in [3.8, 4) is 0 Å². The summed E-state index contributed by atoms with van der Waals surface area (Å²) in [5.74, 6) is -0.0401. The molecular formula is C16H29NO3. The first-order valence-electron chi connectivity index (χ1n) is 7.29. The standard InChI is InChI=1S/C16H29NO3/c1-7-14(19)20-11-13(18)8-12-9-15(2,3)17(6)16(4,5)10-12/h7,12-13,18H,1,8-11H2,2-6H3. The normalized spacial score (nSPS) is 24.1. The van der Waals surface area contributed by atoms with Crippen LogP contribution in [0.1, 0.15) is 47.0 Å². The first kappa shape index (κ1) is 17.2. The van der Waals surface area contributed by atoms with Gasteiger partial charge in [0.1, 0.15) is 6.61 Å². The zero-order valence-corrected chi connectivity index (χ0v) is 13.5. The largest absolute Gasteiger partial charge is 0.460 e. The van der Waals surface area contributed by atoms with Gasteiger partial charge in [0.05, 0.1) is 6.10 Å². The van der Waals surface area contributed by atoms with E-state index in [9.17, 15) is 9.90 Å². The van der Waals surface area contributed by atoms with Crippen molar-refractivity contribution < 1.29 is 14.6 Å². The van der Waals surface area contributed by atoms with Gasteiger partial charge in [0.25, 0.3) is 0 Å². The highest BCUT2D eigenvalue weighted by Gasteiger charge is 2.43. The van der Waals surface area contributed by atoms with Crippen LogP contribution in [0.3, 0.4) is 0 Å². The van der Waals surface area contributed by atoms with Crippen molar-refractivity contribution in [3.63, 3.8) is 0 Å². The van der Waals surface area contributed by atoms with E-state index >= 15 is 0 Å². The lowest BCUT2D eigenvalue weighted by Gasteiger charge is -2.54. The zero-order valence-electron chi connectivity index (χ0n) is 13.5. The molecule has 116 valence electrons. The predicted octanol–water partition coefficient (Wildman–Crippen LogP) is 2.37. The molecule has 1 fully saturated rings. The molecule has 4 nitrogen and oxygen atoms in total. The van der Waals surface area contributed by atoms with Gasteiger partial charge in [-0.05, 0) is 59.9 Å². The van der Waals surface area contributed by atoms with E-state index in [1.54, 1.807) is 0 Å². The van der Waals surface area contributed by atoms with Gasteiger partial charge in [-0.25, -0.2) is 4.79 Å². The maximum absolute atomic E-state index is 11.0. The Hall–Kier alpha value is -0.870. The van der Waals surface area contributed by atoms with Gasteiger partial charge in [-0.15, -0.1) is 0 Å². The fraction of sp³-hybridized carbons (Fsp3) is 0.812. The molecule has 0 aromatic rings. The van der Waals surface area contributed by atoms with Gasteiger partial charge in [-0.1, -0.05) is 6.58 Å². The third kappa shape index (κ3) is 4.32. The second kappa shape index (κ2) is 6.27. The summed E-state index contributed by atoms with van der Waals surface area (Å²) in [4.78, 5) is 13.4. The first-order chi connectivity index (χ1) is 9.08. The number of ether oxygens (including phenoxy) is 1. The van der Waals surface area contributed by atoms with Gasteiger partial charge in [-0.2, -0.15) is 0 Å². The Bertz CT molecular complexity index is 345. The fourth-order valence-corrected chi connectivity index (χ4v) is 3.44. The summed E-state index contributed by atoms with van der Waals surface area (Å²) in [7, 11) is 2.17. The molecule has 1 heterocycles. The van der Waals surface area contributed by atoms with Crippen LogP contribution in [0.15, 0.2) is 12.7 Å². The second-order valence-electron chi connectivity index (χ2n) is 7.18. The minimum atomic E-state index is -0.598. The Kier molecular flexibility index (Phi) is 5.39. The number of hydrogen-bond donors (Lipinski definition) is 1. The topological polar surface area (TPSA) is 49.8 Å². The van der Waals surface area contributed by atoms with Crippen molar-refractivity contribution in [2.24, 2.45) is 5.92 Å². The van der Waals surface area contributed by atoms with Crippen molar-refractivity contribution in [2.45, 2.75) is 64.1 Å². The van der Waals surface area contributed by atoms with E-state index < -0.39 is 12.1 Å². The monoisotopic (exact) mass is 283 g/mol. The second-order valence-corrected chi connectivity index (χ2v) is 7.18. The van der Waals surface area contributed by atoms with Crippen LogP contribution in [0.2, 0.25) is 0 Å². The molecule has 1 aliphatic heterocycles. The average molecular weight is 283 g/mol. The van der Waals surface area contributed by atoms with E-state index in [0.717, 1.165) is 18.9 Å². The van der Waals surface area contributed by atoms with Crippen LogP contribution < -0.4 is 0 Å². The van der Waals surface area contributed by atoms with Crippen LogP contribution in [0.25, 0.3) is 0 Å². The molecule has 1 N–H and O–H groups in total. The fourth-order valence-electron chi connectivity index (χ4n) is 3.44. The molecule has 1 atom stereocenters. The number of hydrogen-bond acceptors (Lipinski definition) is 4. The van der Waals surface area contributed by atoms with E-state index in [1.165, 1.54) is 0 Å². The van der Waals surface area contributed by atoms with E-state index in [1.807, 2.05) is 0 Å². The van der Waals surface area contributed by atoms with Gasteiger partial charge in [0.15, 0.2) is 0 Å². The number of rotatable bonds is 5. The van der Waals surface area contributed by atoms with Crippen LogP contribution in [0.4, 0.5) is 0 Å². The molecule has 0 amide bonds. The summed E-state index contributed by atoms with van der Waals surface area (Å²) in [5.41, 5.74) is 0.230. The number of piperidine rings is 1. The lowest BCUT2D eigenvalue weighted by Crippen LogP contribution is -2.58. The van der Waals surface area contributed by atoms with Crippen molar-refractivity contribution in [2.75, 3.05) is 13.7 Å². The number of carbonyl (C=O) groups is 1. The molecule has 0 aliphatic carbocycles. The van der Waals surface area contributed by atoms with E-state index in [-0.39, 0.29) is 17.7 Å². The smallest absolute Gasteiger partial charge is 0.330 e. The molecular weight excluding hydrogens is 254 g/mol. The number of likely N-dealkylation sites (tertiary alicyclic amines) is 1. The number of aliphatic hydroxyl groups excluding tert-OH is 1. The van der Waals surface area contributed by atoms with Crippen molar-refractivity contribution >= 4 is 5.97 Å². The van der Waals surface area contributed by atoms with Gasteiger partial charge in [0.2, 0.25) is 0 Å². The highest BCUT2D eigenvalue weighted by Crippen LogP contribution is 2.41. The summed E-state index contributed by atoms with van der Waals surface area (Å²) in [5, 5.41) is 10.0. The molecule has 0 radical (unpaired) electrons. The van der Waals surface area contributed by atoms with Crippen LogP contribution >= 0.6 is 0 Å².